The van der Waals surface area contributed by atoms with Crippen molar-refractivity contribution in [2.24, 2.45) is 0 Å². The Hall–Kier alpha value is -1.78. The second kappa shape index (κ2) is 7.29. The minimum Gasteiger partial charge on any atom is -0.338 e. The van der Waals surface area contributed by atoms with Gasteiger partial charge in [-0.1, -0.05) is 47.5 Å². The van der Waals surface area contributed by atoms with E-state index in [-0.39, 0.29) is 5.82 Å². The van der Waals surface area contributed by atoms with E-state index in [4.69, 9.17) is 23.2 Å². The maximum Gasteiger partial charge on any atom is 0.319 e. The minimum atomic E-state index is -0.443. The van der Waals surface area contributed by atoms with E-state index in [2.05, 4.69) is 10.6 Å². The molecule has 0 aliphatic rings. The predicted molar refractivity (Wildman–Crippen MR) is 83.6 cm³/mol. The number of benzene rings is 2. The molecule has 0 bridgehead atoms. The van der Waals surface area contributed by atoms with Crippen molar-refractivity contribution in [2.45, 2.75) is 6.42 Å². The lowest BCUT2D eigenvalue weighted by atomic mass is 10.1. The monoisotopic (exact) mass is 326 g/mol. The third-order valence-electron chi connectivity index (χ3n) is 2.84. The largest absolute Gasteiger partial charge is 0.338 e. The summed E-state index contributed by atoms with van der Waals surface area (Å²) in [7, 11) is 0. The number of amides is 2. The van der Waals surface area contributed by atoms with Crippen molar-refractivity contribution in [3.63, 3.8) is 0 Å². The molecule has 0 aromatic heterocycles. The molecule has 6 heteroatoms. The molecule has 2 aromatic rings. The van der Waals surface area contributed by atoms with Gasteiger partial charge in [0.15, 0.2) is 0 Å². The number of anilines is 1. The second-order valence-electron chi connectivity index (χ2n) is 4.32. The van der Waals surface area contributed by atoms with E-state index in [0.717, 1.165) is 0 Å². The van der Waals surface area contributed by atoms with Crippen LogP contribution in [0.5, 0.6) is 0 Å². The summed E-state index contributed by atoms with van der Waals surface area (Å²) in [6.07, 6.45) is 0.399. The molecule has 0 fully saturated rings. The molecule has 2 N–H and O–H groups in total. The van der Waals surface area contributed by atoms with Crippen LogP contribution in [0.15, 0.2) is 42.5 Å². The highest BCUT2D eigenvalue weighted by Crippen LogP contribution is 2.29. The Balaban J connectivity index is 1.87. The molecule has 0 aliphatic carbocycles. The molecule has 0 heterocycles. The summed E-state index contributed by atoms with van der Waals surface area (Å²) < 4.78 is 13.4. The van der Waals surface area contributed by atoms with E-state index in [0.29, 0.717) is 34.3 Å². The van der Waals surface area contributed by atoms with Crippen LogP contribution in [0.2, 0.25) is 10.0 Å². The van der Waals surface area contributed by atoms with Crippen LogP contribution >= 0.6 is 23.2 Å². The average Bonchev–Trinajstić information content (AvgIpc) is 2.45. The van der Waals surface area contributed by atoms with Gasteiger partial charge in [-0.15, -0.1) is 0 Å². The summed E-state index contributed by atoms with van der Waals surface area (Å²) in [6, 6.07) is 10.9. The summed E-state index contributed by atoms with van der Waals surface area (Å²) in [5.41, 5.74) is 0.901. The normalized spacial score (nSPS) is 10.2. The summed E-state index contributed by atoms with van der Waals surface area (Å²) >= 11 is 11.9. The number of halogens is 3. The molecule has 0 atom stereocenters. The molecule has 0 saturated carbocycles. The van der Waals surface area contributed by atoms with Crippen molar-refractivity contribution < 1.29 is 9.18 Å². The SMILES string of the molecule is O=C(NCCc1ccccc1F)Nc1c(Cl)cccc1Cl. The van der Waals surface area contributed by atoms with Crippen LogP contribution < -0.4 is 10.6 Å². The lowest BCUT2D eigenvalue weighted by Gasteiger charge is -2.10. The van der Waals surface area contributed by atoms with Crippen molar-refractivity contribution in [3.05, 3.63) is 63.9 Å². The molecule has 2 amide bonds. The first-order chi connectivity index (χ1) is 10.1. The van der Waals surface area contributed by atoms with Gasteiger partial charge in [0, 0.05) is 6.54 Å². The second-order valence-corrected chi connectivity index (χ2v) is 5.13. The van der Waals surface area contributed by atoms with Crippen LogP contribution in [-0.4, -0.2) is 12.6 Å². The Morgan fingerprint density at radius 1 is 1.05 bits per heavy atom. The topological polar surface area (TPSA) is 41.1 Å². The van der Waals surface area contributed by atoms with Gasteiger partial charge in [0.05, 0.1) is 15.7 Å². The fourth-order valence-electron chi connectivity index (χ4n) is 1.79. The lowest BCUT2D eigenvalue weighted by molar-refractivity contribution is 0.252. The zero-order valence-electron chi connectivity index (χ0n) is 11.0. The zero-order valence-corrected chi connectivity index (χ0v) is 12.5. The van der Waals surface area contributed by atoms with Gasteiger partial charge in [0.25, 0.3) is 0 Å². The standard InChI is InChI=1S/C15H13Cl2FN2O/c16-11-5-3-6-12(17)14(11)20-15(21)19-9-8-10-4-1-2-7-13(10)18/h1-7H,8-9H2,(H2,19,20,21). The summed E-state index contributed by atoms with van der Waals surface area (Å²) in [4.78, 5) is 11.8. The maximum atomic E-state index is 13.4. The highest BCUT2D eigenvalue weighted by Gasteiger charge is 2.09. The number of hydrogen-bond acceptors (Lipinski definition) is 1. The molecule has 21 heavy (non-hydrogen) atoms. The van der Waals surface area contributed by atoms with Crippen molar-refractivity contribution in [1.29, 1.82) is 0 Å². The van der Waals surface area contributed by atoms with Crippen molar-refractivity contribution >= 4 is 34.9 Å². The van der Waals surface area contributed by atoms with Crippen molar-refractivity contribution in [1.82, 2.24) is 5.32 Å². The van der Waals surface area contributed by atoms with E-state index in [9.17, 15) is 9.18 Å². The lowest BCUT2D eigenvalue weighted by Crippen LogP contribution is -2.30. The third kappa shape index (κ3) is 4.34. The highest BCUT2D eigenvalue weighted by molar-refractivity contribution is 6.39. The highest BCUT2D eigenvalue weighted by atomic mass is 35.5. The molecule has 2 rings (SSSR count). The number of nitrogens with one attached hydrogen (secondary N) is 2. The Morgan fingerprint density at radius 3 is 2.38 bits per heavy atom. The molecule has 0 saturated heterocycles. The fraction of sp³-hybridized carbons (Fsp3) is 0.133. The van der Waals surface area contributed by atoms with Crippen molar-refractivity contribution in [2.75, 3.05) is 11.9 Å². The Bertz CT molecular complexity index is 629. The quantitative estimate of drug-likeness (QED) is 0.853. The van der Waals surface area contributed by atoms with Gasteiger partial charge in [-0.05, 0) is 30.2 Å². The number of rotatable bonds is 4. The van der Waals surface area contributed by atoms with Gasteiger partial charge in [-0.2, -0.15) is 0 Å². The fourth-order valence-corrected chi connectivity index (χ4v) is 2.28. The smallest absolute Gasteiger partial charge is 0.319 e. The molecule has 3 nitrogen and oxygen atoms in total. The van der Waals surface area contributed by atoms with Crippen LogP contribution in [0.25, 0.3) is 0 Å². The van der Waals surface area contributed by atoms with Gasteiger partial charge in [-0.25, -0.2) is 9.18 Å². The van der Waals surface area contributed by atoms with E-state index < -0.39 is 6.03 Å². The van der Waals surface area contributed by atoms with Gasteiger partial charge in [0.2, 0.25) is 0 Å². The first-order valence-electron chi connectivity index (χ1n) is 6.30. The van der Waals surface area contributed by atoms with E-state index in [1.54, 1.807) is 36.4 Å². The summed E-state index contributed by atoms with van der Waals surface area (Å²) in [5, 5.41) is 5.91. The summed E-state index contributed by atoms with van der Waals surface area (Å²) in [5.74, 6) is -0.283. The number of hydrogen-bond donors (Lipinski definition) is 2. The molecular formula is C15H13Cl2FN2O. The van der Waals surface area contributed by atoms with Crippen LogP contribution in [0, 0.1) is 5.82 Å². The van der Waals surface area contributed by atoms with E-state index >= 15 is 0 Å². The van der Waals surface area contributed by atoms with Gasteiger partial charge in [0.1, 0.15) is 5.82 Å². The van der Waals surface area contributed by atoms with Crippen LogP contribution in [0.1, 0.15) is 5.56 Å². The number of carbonyl (C=O) groups excluding carboxylic acids is 1. The van der Waals surface area contributed by atoms with Gasteiger partial charge in [-0.3, -0.25) is 0 Å². The molecule has 2 aromatic carbocycles. The molecule has 0 unspecified atom stereocenters. The molecule has 0 aliphatic heterocycles. The van der Waals surface area contributed by atoms with Gasteiger partial charge >= 0.3 is 6.03 Å². The maximum absolute atomic E-state index is 13.4. The predicted octanol–water partition coefficient (Wildman–Crippen LogP) is 4.50. The molecule has 110 valence electrons. The number of carbonyl (C=O) groups is 1. The Morgan fingerprint density at radius 2 is 1.71 bits per heavy atom. The third-order valence-corrected chi connectivity index (χ3v) is 3.47. The van der Waals surface area contributed by atoms with E-state index in [1.165, 1.54) is 6.07 Å². The molecular weight excluding hydrogens is 314 g/mol. The summed E-state index contributed by atoms with van der Waals surface area (Å²) in [6.45, 7) is 0.300. The van der Waals surface area contributed by atoms with Crippen molar-refractivity contribution in [3.8, 4) is 0 Å². The number of para-hydroxylation sites is 1. The Kier molecular flexibility index (Phi) is 5.42. The first kappa shape index (κ1) is 15.6. The first-order valence-corrected chi connectivity index (χ1v) is 7.06. The zero-order chi connectivity index (χ0) is 15.2. The molecule has 0 radical (unpaired) electrons. The van der Waals surface area contributed by atoms with Crippen LogP contribution in [0.4, 0.5) is 14.9 Å². The van der Waals surface area contributed by atoms with Gasteiger partial charge < -0.3 is 10.6 Å². The van der Waals surface area contributed by atoms with Crippen LogP contribution in [0.3, 0.4) is 0 Å². The van der Waals surface area contributed by atoms with Crippen LogP contribution in [-0.2, 0) is 6.42 Å². The average molecular weight is 327 g/mol. The minimum absolute atomic E-state index is 0.283. The molecule has 0 spiro atoms. The number of urea groups is 1. The Labute approximate surface area is 132 Å². The van der Waals surface area contributed by atoms with E-state index in [1.807, 2.05) is 0 Å².